The average molecular weight is 368 g/mol. The summed E-state index contributed by atoms with van der Waals surface area (Å²) in [6.07, 6.45) is 1.13. The largest absolute Gasteiger partial charge is 0.423 e. The van der Waals surface area contributed by atoms with Gasteiger partial charge < -0.3 is 8.98 Å². The molecule has 4 rings (SSSR count). The minimum absolute atomic E-state index is 0.0211. The number of hydrogen-bond donors (Lipinski definition) is 0. The van der Waals surface area contributed by atoms with E-state index in [1.165, 1.54) is 6.07 Å². The van der Waals surface area contributed by atoms with E-state index in [0.29, 0.717) is 22.2 Å². The molecule has 0 N–H and O–H groups in total. The highest BCUT2D eigenvalue weighted by Crippen LogP contribution is 2.24. The topological polar surface area (TPSA) is 82.2 Å². The van der Waals surface area contributed by atoms with Crippen LogP contribution in [0, 0.1) is 6.92 Å². The Morgan fingerprint density at radius 2 is 1.88 bits per heavy atom. The first-order valence-corrected chi connectivity index (χ1v) is 9.91. The van der Waals surface area contributed by atoms with Crippen molar-refractivity contribution in [2.75, 3.05) is 6.26 Å². The van der Waals surface area contributed by atoms with Gasteiger partial charge in [0, 0.05) is 17.7 Å². The third kappa shape index (κ3) is 2.80. The third-order valence-corrected chi connectivity index (χ3v) is 5.24. The number of nitrogens with zero attached hydrogens (tertiary/aromatic N) is 2. The fourth-order valence-electron chi connectivity index (χ4n) is 3.13. The van der Waals surface area contributed by atoms with Crippen LogP contribution in [-0.2, 0) is 16.4 Å². The van der Waals surface area contributed by atoms with Crippen LogP contribution in [-0.4, -0.2) is 24.2 Å². The molecule has 0 fully saturated rings. The number of fused-ring (bicyclic) bond motifs is 2. The van der Waals surface area contributed by atoms with E-state index in [4.69, 9.17) is 4.42 Å². The molecule has 0 aliphatic carbocycles. The Balaban J connectivity index is 1.99. The van der Waals surface area contributed by atoms with Gasteiger partial charge in [-0.3, -0.25) is 0 Å². The maximum absolute atomic E-state index is 12.2. The van der Waals surface area contributed by atoms with Gasteiger partial charge in [0.05, 0.1) is 17.6 Å². The number of benzene rings is 2. The maximum atomic E-state index is 12.2. The molecule has 6 nitrogen and oxygen atoms in total. The van der Waals surface area contributed by atoms with Gasteiger partial charge in [-0.15, -0.1) is 0 Å². The average Bonchev–Trinajstić information content (AvgIpc) is 2.93. The zero-order valence-corrected chi connectivity index (χ0v) is 15.1. The van der Waals surface area contributed by atoms with Crippen LogP contribution in [0.15, 0.2) is 62.9 Å². The summed E-state index contributed by atoms with van der Waals surface area (Å²) in [5.41, 5.74) is 2.96. The standard InChI is InChI=1S/C19H16N2O4S/c1-12-7-8-14-13(10-18(22)25-17(14)9-12)11-21-16-6-4-3-5-15(16)20-19(21)26(2,23)24/h3-10H,11H2,1-2H3. The molecule has 0 atom stereocenters. The fourth-order valence-corrected chi connectivity index (χ4v) is 3.95. The minimum Gasteiger partial charge on any atom is -0.423 e. The summed E-state index contributed by atoms with van der Waals surface area (Å²) < 4.78 is 31.4. The predicted octanol–water partition coefficient (Wildman–Crippen LogP) is 2.90. The van der Waals surface area contributed by atoms with E-state index < -0.39 is 15.5 Å². The molecule has 4 aromatic rings. The molecule has 0 saturated carbocycles. The number of hydrogen-bond acceptors (Lipinski definition) is 5. The quantitative estimate of drug-likeness (QED) is 0.519. The van der Waals surface area contributed by atoms with E-state index in [-0.39, 0.29) is 11.7 Å². The van der Waals surface area contributed by atoms with Crippen molar-refractivity contribution in [1.82, 2.24) is 9.55 Å². The highest BCUT2D eigenvalue weighted by atomic mass is 32.2. The Labute approximate surface area is 149 Å². The van der Waals surface area contributed by atoms with Gasteiger partial charge in [0.15, 0.2) is 0 Å². The summed E-state index contributed by atoms with van der Waals surface area (Å²) in [5, 5.41) is 0.750. The van der Waals surface area contributed by atoms with E-state index >= 15 is 0 Å². The van der Waals surface area contributed by atoms with Gasteiger partial charge in [-0.2, -0.15) is 0 Å². The van der Waals surface area contributed by atoms with E-state index in [0.717, 1.165) is 17.2 Å². The van der Waals surface area contributed by atoms with Crippen molar-refractivity contribution in [3.63, 3.8) is 0 Å². The summed E-state index contributed by atoms with van der Waals surface area (Å²) in [6.45, 7) is 2.12. The van der Waals surface area contributed by atoms with Crippen molar-refractivity contribution < 1.29 is 12.8 Å². The van der Waals surface area contributed by atoms with Gasteiger partial charge in [0.2, 0.25) is 15.0 Å². The van der Waals surface area contributed by atoms with Crippen LogP contribution in [0.4, 0.5) is 0 Å². The highest BCUT2D eigenvalue weighted by Gasteiger charge is 2.20. The Kier molecular flexibility index (Phi) is 3.69. The first-order valence-electron chi connectivity index (χ1n) is 8.02. The SMILES string of the molecule is Cc1ccc2c(Cn3c(S(C)(=O)=O)nc4ccccc43)cc(=O)oc2c1. The molecule has 0 aliphatic heterocycles. The second-order valence-electron chi connectivity index (χ2n) is 6.33. The van der Waals surface area contributed by atoms with Crippen molar-refractivity contribution in [2.45, 2.75) is 18.6 Å². The van der Waals surface area contributed by atoms with Crippen molar-refractivity contribution >= 4 is 31.8 Å². The smallest absolute Gasteiger partial charge is 0.336 e. The minimum atomic E-state index is -3.54. The van der Waals surface area contributed by atoms with Crippen molar-refractivity contribution in [1.29, 1.82) is 0 Å². The molecule has 2 aromatic heterocycles. The van der Waals surface area contributed by atoms with Crippen LogP contribution < -0.4 is 5.63 Å². The van der Waals surface area contributed by atoms with Crippen LogP contribution in [0.3, 0.4) is 0 Å². The molecule has 2 heterocycles. The molecule has 0 spiro atoms. The van der Waals surface area contributed by atoms with Gasteiger partial charge in [-0.1, -0.05) is 24.3 Å². The molecule has 0 aliphatic rings. The molecule has 2 aromatic carbocycles. The summed E-state index contributed by atoms with van der Waals surface area (Å²) in [4.78, 5) is 16.2. The van der Waals surface area contributed by atoms with Crippen LogP contribution in [0.2, 0.25) is 0 Å². The van der Waals surface area contributed by atoms with Gasteiger partial charge in [0.1, 0.15) is 5.58 Å². The summed E-state index contributed by atoms with van der Waals surface area (Å²) >= 11 is 0. The molecule has 0 bridgehead atoms. The lowest BCUT2D eigenvalue weighted by molar-refractivity contribution is 0.555. The Morgan fingerprint density at radius 3 is 2.65 bits per heavy atom. The third-order valence-electron chi connectivity index (χ3n) is 4.27. The zero-order chi connectivity index (χ0) is 18.5. The predicted molar refractivity (Wildman–Crippen MR) is 99.2 cm³/mol. The van der Waals surface area contributed by atoms with Gasteiger partial charge in [-0.05, 0) is 36.2 Å². The van der Waals surface area contributed by atoms with Crippen LogP contribution in [0.25, 0.3) is 22.0 Å². The number of rotatable bonds is 3. The first kappa shape index (κ1) is 16.5. The molecular formula is C19H16N2O4S. The molecule has 26 heavy (non-hydrogen) atoms. The second-order valence-corrected chi connectivity index (χ2v) is 8.24. The van der Waals surface area contributed by atoms with Crippen LogP contribution >= 0.6 is 0 Å². The van der Waals surface area contributed by atoms with E-state index in [1.54, 1.807) is 22.8 Å². The van der Waals surface area contributed by atoms with Crippen molar-refractivity contribution in [3.8, 4) is 0 Å². The lowest BCUT2D eigenvalue weighted by atomic mass is 10.1. The molecular weight excluding hydrogens is 352 g/mol. The number of aromatic nitrogens is 2. The van der Waals surface area contributed by atoms with E-state index in [9.17, 15) is 13.2 Å². The number of sulfone groups is 1. The number of para-hydroxylation sites is 2. The Hall–Kier alpha value is -2.93. The van der Waals surface area contributed by atoms with E-state index in [1.807, 2.05) is 31.2 Å². The van der Waals surface area contributed by atoms with Gasteiger partial charge >= 0.3 is 5.63 Å². The molecule has 7 heteroatoms. The molecule has 132 valence electrons. The van der Waals surface area contributed by atoms with Crippen LogP contribution in [0.1, 0.15) is 11.1 Å². The lowest BCUT2D eigenvalue weighted by Crippen LogP contribution is -2.12. The fraction of sp³-hybridized carbons (Fsp3) is 0.158. The second kappa shape index (κ2) is 5.81. The maximum Gasteiger partial charge on any atom is 0.336 e. The normalized spacial score (nSPS) is 12.1. The highest BCUT2D eigenvalue weighted by molar-refractivity contribution is 7.90. The molecule has 0 amide bonds. The monoisotopic (exact) mass is 368 g/mol. The first-order chi connectivity index (χ1) is 12.3. The zero-order valence-electron chi connectivity index (χ0n) is 14.3. The van der Waals surface area contributed by atoms with Gasteiger partial charge in [0.25, 0.3) is 0 Å². The number of imidazole rings is 1. The van der Waals surface area contributed by atoms with Gasteiger partial charge in [-0.25, -0.2) is 18.2 Å². The molecule has 0 unspecified atom stereocenters. The summed E-state index contributed by atoms with van der Waals surface area (Å²) in [5.74, 6) is 0. The Morgan fingerprint density at radius 1 is 1.12 bits per heavy atom. The van der Waals surface area contributed by atoms with E-state index in [2.05, 4.69) is 4.98 Å². The van der Waals surface area contributed by atoms with Crippen molar-refractivity contribution in [2.24, 2.45) is 0 Å². The lowest BCUT2D eigenvalue weighted by Gasteiger charge is -2.10. The van der Waals surface area contributed by atoms with Crippen LogP contribution in [0.5, 0.6) is 0 Å². The number of aryl methyl sites for hydroxylation is 1. The van der Waals surface area contributed by atoms with Crippen molar-refractivity contribution in [3.05, 3.63) is 70.1 Å². The molecule has 0 radical (unpaired) electrons. The Bertz CT molecular complexity index is 1320. The summed E-state index contributed by atoms with van der Waals surface area (Å²) in [7, 11) is -3.54. The molecule has 0 saturated heterocycles. The summed E-state index contributed by atoms with van der Waals surface area (Å²) in [6, 6.07) is 14.2.